The lowest BCUT2D eigenvalue weighted by molar-refractivity contribution is 0.0688. The number of imidazole rings is 1. The molecule has 5 nitrogen and oxygen atoms in total. The molecule has 0 aliphatic heterocycles. The molecule has 0 fully saturated rings. The van der Waals surface area contributed by atoms with Crippen LogP contribution in [-0.2, 0) is 0 Å². The van der Waals surface area contributed by atoms with Gasteiger partial charge in [-0.25, -0.2) is 14.8 Å². The average Bonchev–Trinajstić information content (AvgIpc) is 2.75. The molecule has 0 atom stereocenters. The Kier molecular flexibility index (Phi) is 3.02. The monoisotopic (exact) mass is 331 g/mol. The summed E-state index contributed by atoms with van der Waals surface area (Å²) in [6.07, 6.45) is 3.16. The minimum atomic E-state index is -1.01. The van der Waals surface area contributed by atoms with Gasteiger partial charge in [0.1, 0.15) is 12.0 Å². The van der Waals surface area contributed by atoms with E-state index in [9.17, 15) is 9.90 Å². The molecule has 0 bridgehead atoms. The number of aromatic nitrogens is 3. The van der Waals surface area contributed by atoms with Gasteiger partial charge in [0.05, 0.1) is 5.69 Å². The van der Waals surface area contributed by atoms with E-state index in [0.717, 1.165) is 15.6 Å². The fourth-order valence-electron chi connectivity index (χ4n) is 2.21. The van der Waals surface area contributed by atoms with E-state index in [2.05, 4.69) is 25.9 Å². The summed E-state index contributed by atoms with van der Waals surface area (Å²) in [5, 5.41) is 9.27. The van der Waals surface area contributed by atoms with Crippen LogP contribution in [0, 0.1) is 6.92 Å². The molecule has 3 aromatic rings. The maximum Gasteiger partial charge on any atom is 0.354 e. The molecule has 100 valence electrons. The predicted molar refractivity (Wildman–Crippen MR) is 77.8 cm³/mol. The highest BCUT2D eigenvalue weighted by Gasteiger charge is 2.18. The average molecular weight is 332 g/mol. The summed E-state index contributed by atoms with van der Waals surface area (Å²) in [5.41, 5.74) is 2.91. The first-order valence-corrected chi connectivity index (χ1v) is 6.69. The van der Waals surface area contributed by atoms with Crippen LogP contribution in [-0.4, -0.2) is 25.4 Å². The zero-order valence-electron chi connectivity index (χ0n) is 10.5. The number of carboxylic acid groups (broad SMARTS) is 1. The molecule has 0 radical (unpaired) electrons. The Bertz CT molecular complexity index is 826. The minimum absolute atomic E-state index is 0.140. The fourth-order valence-corrected chi connectivity index (χ4v) is 2.71. The third kappa shape index (κ3) is 1.89. The third-order valence-corrected chi connectivity index (χ3v) is 3.77. The topological polar surface area (TPSA) is 67.5 Å². The van der Waals surface area contributed by atoms with Crippen LogP contribution in [0.1, 0.15) is 16.2 Å². The first-order chi connectivity index (χ1) is 9.59. The van der Waals surface area contributed by atoms with E-state index in [1.165, 1.54) is 10.7 Å². The molecule has 1 aromatic carbocycles. The highest BCUT2D eigenvalue weighted by atomic mass is 79.9. The van der Waals surface area contributed by atoms with Crippen molar-refractivity contribution in [2.75, 3.05) is 0 Å². The number of hydrogen-bond acceptors (Lipinski definition) is 3. The number of carboxylic acids is 1. The number of hydrogen-bond donors (Lipinski definition) is 1. The van der Waals surface area contributed by atoms with Gasteiger partial charge < -0.3 is 5.11 Å². The normalized spacial score (nSPS) is 10.9. The Balaban J connectivity index is 2.37. The summed E-state index contributed by atoms with van der Waals surface area (Å²) in [5.74, 6) is -1.01. The summed E-state index contributed by atoms with van der Waals surface area (Å²) in [6, 6.07) is 7.69. The van der Waals surface area contributed by atoms with E-state index in [-0.39, 0.29) is 5.69 Å². The maximum absolute atomic E-state index is 11.3. The molecule has 0 aliphatic rings. The molecule has 1 N–H and O–H groups in total. The van der Waals surface area contributed by atoms with Gasteiger partial charge in [0.2, 0.25) is 0 Å². The zero-order chi connectivity index (χ0) is 14.3. The van der Waals surface area contributed by atoms with E-state index in [1.54, 1.807) is 13.1 Å². The molecular weight excluding hydrogens is 322 g/mol. The molecule has 0 aliphatic carbocycles. The summed E-state index contributed by atoms with van der Waals surface area (Å²) >= 11 is 3.49. The summed E-state index contributed by atoms with van der Waals surface area (Å²) in [6.45, 7) is 1.68. The van der Waals surface area contributed by atoms with Crippen LogP contribution in [0.3, 0.4) is 0 Å². The molecule has 2 aromatic heterocycles. The SMILES string of the molecule is Cc1nc2c(-c3ccccc3Br)cncn2c1C(=O)O. The van der Waals surface area contributed by atoms with Gasteiger partial charge in [-0.3, -0.25) is 4.40 Å². The third-order valence-electron chi connectivity index (χ3n) is 3.08. The van der Waals surface area contributed by atoms with Crippen LogP contribution in [0.5, 0.6) is 0 Å². The molecule has 20 heavy (non-hydrogen) atoms. The molecule has 0 saturated heterocycles. The van der Waals surface area contributed by atoms with Gasteiger partial charge in [-0.15, -0.1) is 0 Å². The zero-order valence-corrected chi connectivity index (χ0v) is 12.1. The van der Waals surface area contributed by atoms with Gasteiger partial charge in [-0.1, -0.05) is 34.1 Å². The predicted octanol–water partition coefficient (Wildman–Crippen LogP) is 3.17. The summed E-state index contributed by atoms with van der Waals surface area (Å²) in [7, 11) is 0. The molecule has 6 heteroatoms. The Hall–Kier alpha value is -2.21. The number of aromatic carboxylic acids is 1. The van der Waals surface area contributed by atoms with Crippen molar-refractivity contribution in [3.63, 3.8) is 0 Å². The molecule has 3 rings (SSSR count). The van der Waals surface area contributed by atoms with Crippen LogP contribution in [0.25, 0.3) is 16.8 Å². The van der Waals surface area contributed by atoms with Gasteiger partial charge in [0, 0.05) is 21.8 Å². The second-order valence-electron chi connectivity index (χ2n) is 4.33. The Labute approximate surface area is 123 Å². The summed E-state index contributed by atoms with van der Waals surface area (Å²) in [4.78, 5) is 19.8. The van der Waals surface area contributed by atoms with Crippen LogP contribution in [0.4, 0.5) is 0 Å². The maximum atomic E-state index is 11.3. The number of benzene rings is 1. The second kappa shape index (κ2) is 4.72. The lowest BCUT2D eigenvalue weighted by atomic mass is 10.1. The van der Waals surface area contributed by atoms with E-state index in [1.807, 2.05) is 24.3 Å². The Morgan fingerprint density at radius 1 is 1.30 bits per heavy atom. The Morgan fingerprint density at radius 2 is 2.05 bits per heavy atom. The molecule has 0 spiro atoms. The van der Waals surface area contributed by atoms with Gasteiger partial charge in [0.25, 0.3) is 0 Å². The second-order valence-corrected chi connectivity index (χ2v) is 5.19. The standard InChI is InChI=1S/C14H10BrN3O2/c1-8-12(14(19)20)18-7-16-6-10(13(18)17-8)9-4-2-3-5-11(9)15/h2-7H,1H3,(H,19,20). The van der Waals surface area contributed by atoms with Crippen LogP contribution in [0.2, 0.25) is 0 Å². The van der Waals surface area contributed by atoms with Crippen molar-refractivity contribution in [2.24, 2.45) is 0 Å². The Morgan fingerprint density at radius 3 is 2.75 bits per heavy atom. The molecular formula is C14H10BrN3O2. The van der Waals surface area contributed by atoms with Crippen molar-refractivity contribution in [2.45, 2.75) is 6.92 Å². The van der Waals surface area contributed by atoms with Gasteiger partial charge in [0.15, 0.2) is 5.69 Å². The van der Waals surface area contributed by atoms with Gasteiger partial charge >= 0.3 is 5.97 Å². The number of nitrogens with zero attached hydrogens (tertiary/aromatic N) is 3. The highest BCUT2D eigenvalue weighted by molar-refractivity contribution is 9.10. The number of fused-ring (bicyclic) bond motifs is 1. The van der Waals surface area contributed by atoms with E-state index >= 15 is 0 Å². The van der Waals surface area contributed by atoms with Crippen LogP contribution < -0.4 is 0 Å². The van der Waals surface area contributed by atoms with Crippen molar-refractivity contribution in [3.8, 4) is 11.1 Å². The minimum Gasteiger partial charge on any atom is -0.477 e. The first-order valence-electron chi connectivity index (χ1n) is 5.90. The van der Waals surface area contributed by atoms with Crippen molar-refractivity contribution < 1.29 is 9.90 Å². The quantitative estimate of drug-likeness (QED) is 0.783. The van der Waals surface area contributed by atoms with Gasteiger partial charge in [-0.2, -0.15) is 0 Å². The smallest absolute Gasteiger partial charge is 0.354 e. The molecule has 0 amide bonds. The van der Waals surface area contributed by atoms with E-state index < -0.39 is 5.97 Å². The summed E-state index contributed by atoms with van der Waals surface area (Å²) < 4.78 is 2.42. The van der Waals surface area contributed by atoms with Crippen molar-refractivity contribution >= 4 is 27.5 Å². The largest absolute Gasteiger partial charge is 0.477 e. The van der Waals surface area contributed by atoms with Crippen LogP contribution >= 0.6 is 15.9 Å². The van der Waals surface area contributed by atoms with E-state index in [0.29, 0.717) is 11.3 Å². The molecule has 2 heterocycles. The number of carbonyl (C=O) groups is 1. The first kappa shape index (κ1) is 12.8. The lowest BCUT2D eigenvalue weighted by Crippen LogP contribution is -2.04. The van der Waals surface area contributed by atoms with E-state index in [4.69, 9.17) is 0 Å². The molecule has 0 unspecified atom stereocenters. The fraction of sp³-hybridized carbons (Fsp3) is 0.0714. The number of aryl methyl sites for hydroxylation is 1. The lowest BCUT2D eigenvalue weighted by Gasteiger charge is -2.05. The van der Waals surface area contributed by atoms with Crippen molar-refractivity contribution in [1.82, 2.24) is 14.4 Å². The van der Waals surface area contributed by atoms with Gasteiger partial charge in [-0.05, 0) is 13.0 Å². The number of rotatable bonds is 2. The highest BCUT2D eigenvalue weighted by Crippen LogP contribution is 2.30. The van der Waals surface area contributed by atoms with Crippen LogP contribution in [0.15, 0.2) is 41.3 Å². The molecule has 0 saturated carbocycles. The van der Waals surface area contributed by atoms with Crippen molar-refractivity contribution in [3.05, 3.63) is 52.7 Å². The van der Waals surface area contributed by atoms with Crippen molar-refractivity contribution in [1.29, 1.82) is 0 Å². The number of halogens is 1.